The van der Waals surface area contributed by atoms with Crippen molar-refractivity contribution in [3.8, 4) is 0 Å². The zero-order valence-corrected chi connectivity index (χ0v) is 11.7. The van der Waals surface area contributed by atoms with Crippen molar-refractivity contribution in [3.05, 3.63) is 35.3 Å². The van der Waals surface area contributed by atoms with Gasteiger partial charge in [-0.3, -0.25) is 4.79 Å². The Morgan fingerprint density at radius 2 is 2.38 bits per heavy atom. The highest BCUT2D eigenvalue weighted by Gasteiger charge is 2.22. The molecule has 2 N–H and O–H groups in total. The Balaban J connectivity index is 1.70. The SMILES string of the molecule is Cc1c(CNC(=O)C2CNCCO2)oc2ccc(F)cc12. The minimum absolute atomic E-state index is 0.173. The molecule has 1 aromatic carbocycles. The average Bonchev–Trinajstić information content (AvgIpc) is 2.82. The summed E-state index contributed by atoms with van der Waals surface area (Å²) in [7, 11) is 0. The first-order chi connectivity index (χ1) is 10.1. The summed E-state index contributed by atoms with van der Waals surface area (Å²) in [5.41, 5.74) is 1.46. The number of nitrogens with one attached hydrogen (secondary N) is 2. The van der Waals surface area contributed by atoms with Gasteiger partial charge in [-0.1, -0.05) is 0 Å². The molecular formula is C15H17FN2O3. The van der Waals surface area contributed by atoms with Crippen LogP contribution in [0.15, 0.2) is 22.6 Å². The summed E-state index contributed by atoms with van der Waals surface area (Å²) in [6, 6.07) is 4.39. The summed E-state index contributed by atoms with van der Waals surface area (Å²) in [6.45, 7) is 3.92. The van der Waals surface area contributed by atoms with Gasteiger partial charge in [-0.25, -0.2) is 4.39 Å². The molecule has 0 saturated carbocycles. The molecule has 1 amide bonds. The number of halogens is 1. The van der Waals surface area contributed by atoms with Crippen LogP contribution in [0.3, 0.4) is 0 Å². The van der Waals surface area contributed by atoms with Gasteiger partial charge in [0.25, 0.3) is 5.91 Å². The molecule has 21 heavy (non-hydrogen) atoms. The van der Waals surface area contributed by atoms with Gasteiger partial charge < -0.3 is 19.8 Å². The summed E-state index contributed by atoms with van der Waals surface area (Å²) >= 11 is 0. The third kappa shape index (κ3) is 2.91. The smallest absolute Gasteiger partial charge is 0.250 e. The quantitative estimate of drug-likeness (QED) is 0.899. The fraction of sp³-hybridized carbons (Fsp3) is 0.400. The molecule has 1 saturated heterocycles. The van der Waals surface area contributed by atoms with Crippen molar-refractivity contribution in [2.75, 3.05) is 19.7 Å². The second-order valence-corrected chi connectivity index (χ2v) is 5.07. The molecule has 0 aliphatic carbocycles. The van der Waals surface area contributed by atoms with Crippen molar-refractivity contribution >= 4 is 16.9 Å². The van der Waals surface area contributed by atoms with E-state index in [1.165, 1.54) is 12.1 Å². The van der Waals surface area contributed by atoms with Crippen molar-refractivity contribution in [2.45, 2.75) is 19.6 Å². The molecule has 1 atom stereocenters. The van der Waals surface area contributed by atoms with Crippen LogP contribution in [0.2, 0.25) is 0 Å². The number of fused-ring (bicyclic) bond motifs is 1. The van der Waals surface area contributed by atoms with Crippen LogP contribution in [-0.4, -0.2) is 31.7 Å². The molecule has 6 heteroatoms. The van der Waals surface area contributed by atoms with E-state index in [0.29, 0.717) is 24.5 Å². The molecule has 1 fully saturated rings. The van der Waals surface area contributed by atoms with Crippen molar-refractivity contribution in [1.82, 2.24) is 10.6 Å². The number of aryl methyl sites for hydroxylation is 1. The van der Waals surface area contributed by atoms with Gasteiger partial charge in [-0.05, 0) is 25.1 Å². The molecule has 1 aliphatic heterocycles. The fourth-order valence-electron chi connectivity index (χ4n) is 2.43. The van der Waals surface area contributed by atoms with Crippen molar-refractivity contribution in [2.24, 2.45) is 0 Å². The Bertz CT molecular complexity index is 662. The Kier molecular flexibility index (Phi) is 3.90. The fourth-order valence-corrected chi connectivity index (χ4v) is 2.43. The Morgan fingerprint density at radius 3 is 3.14 bits per heavy atom. The number of furan rings is 1. The van der Waals surface area contributed by atoms with Gasteiger partial charge in [-0.15, -0.1) is 0 Å². The molecule has 0 spiro atoms. The number of ether oxygens (including phenoxy) is 1. The maximum absolute atomic E-state index is 13.2. The largest absolute Gasteiger partial charge is 0.459 e. The Morgan fingerprint density at radius 1 is 1.52 bits per heavy atom. The van der Waals surface area contributed by atoms with E-state index in [-0.39, 0.29) is 18.3 Å². The van der Waals surface area contributed by atoms with Gasteiger partial charge >= 0.3 is 0 Å². The van der Waals surface area contributed by atoms with Crippen molar-refractivity contribution < 1.29 is 18.3 Å². The molecule has 2 heterocycles. The number of benzene rings is 1. The molecule has 112 valence electrons. The lowest BCUT2D eigenvalue weighted by Crippen LogP contribution is -2.47. The highest BCUT2D eigenvalue weighted by atomic mass is 19.1. The van der Waals surface area contributed by atoms with Crippen LogP contribution < -0.4 is 10.6 Å². The number of amides is 1. The number of morpholine rings is 1. The van der Waals surface area contributed by atoms with E-state index in [2.05, 4.69) is 10.6 Å². The van der Waals surface area contributed by atoms with Crippen molar-refractivity contribution in [3.63, 3.8) is 0 Å². The standard InChI is InChI=1S/C15H17FN2O3/c1-9-11-6-10(16)2-3-12(11)21-13(9)8-18-15(19)14-7-17-4-5-20-14/h2-3,6,14,17H,4-5,7-8H2,1H3,(H,18,19). The molecule has 0 bridgehead atoms. The van der Waals surface area contributed by atoms with Gasteiger partial charge in [0.1, 0.15) is 23.3 Å². The molecule has 2 aromatic rings. The van der Waals surface area contributed by atoms with E-state index in [1.54, 1.807) is 6.07 Å². The molecule has 1 aliphatic rings. The Hall–Kier alpha value is -1.92. The van der Waals surface area contributed by atoms with Gasteiger partial charge in [0.05, 0.1) is 13.2 Å². The van der Waals surface area contributed by atoms with E-state index in [1.807, 2.05) is 6.92 Å². The average molecular weight is 292 g/mol. The maximum atomic E-state index is 13.2. The molecular weight excluding hydrogens is 275 g/mol. The van der Waals surface area contributed by atoms with E-state index in [4.69, 9.17) is 9.15 Å². The number of carbonyl (C=O) groups excluding carboxylic acids is 1. The first-order valence-corrected chi connectivity index (χ1v) is 6.92. The zero-order valence-electron chi connectivity index (χ0n) is 11.7. The molecule has 3 rings (SSSR count). The van der Waals surface area contributed by atoms with Crippen LogP contribution >= 0.6 is 0 Å². The normalized spacial score (nSPS) is 18.9. The molecule has 5 nitrogen and oxygen atoms in total. The monoisotopic (exact) mass is 292 g/mol. The lowest BCUT2D eigenvalue weighted by atomic mass is 10.1. The lowest BCUT2D eigenvalue weighted by molar-refractivity contribution is -0.134. The lowest BCUT2D eigenvalue weighted by Gasteiger charge is -2.22. The third-order valence-electron chi connectivity index (χ3n) is 3.64. The first-order valence-electron chi connectivity index (χ1n) is 6.92. The topological polar surface area (TPSA) is 63.5 Å². The summed E-state index contributed by atoms with van der Waals surface area (Å²) < 4.78 is 24.3. The van der Waals surface area contributed by atoms with Crippen LogP contribution in [0.25, 0.3) is 11.0 Å². The maximum Gasteiger partial charge on any atom is 0.250 e. The summed E-state index contributed by atoms with van der Waals surface area (Å²) in [5, 5.41) is 6.63. The van der Waals surface area contributed by atoms with E-state index < -0.39 is 6.10 Å². The van der Waals surface area contributed by atoms with Crippen LogP contribution in [0, 0.1) is 12.7 Å². The van der Waals surface area contributed by atoms with Crippen LogP contribution in [0.5, 0.6) is 0 Å². The summed E-state index contributed by atoms with van der Waals surface area (Å²) in [4.78, 5) is 12.0. The first kappa shape index (κ1) is 14.0. The minimum Gasteiger partial charge on any atom is -0.459 e. The number of hydrogen-bond donors (Lipinski definition) is 2. The van der Waals surface area contributed by atoms with E-state index in [0.717, 1.165) is 17.5 Å². The van der Waals surface area contributed by atoms with Crippen LogP contribution in [0.1, 0.15) is 11.3 Å². The van der Waals surface area contributed by atoms with E-state index >= 15 is 0 Å². The van der Waals surface area contributed by atoms with Crippen LogP contribution in [0.4, 0.5) is 4.39 Å². The summed E-state index contributed by atoms with van der Waals surface area (Å²) in [6.07, 6.45) is -0.471. The van der Waals surface area contributed by atoms with Gasteiger partial charge in [0, 0.05) is 24.0 Å². The Labute approximate surface area is 121 Å². The van der Waals surface area contributed by atoms with Gasteiger partial charge in [-0.2, -0.15) is 0 Å². The number of carbonyl (C=O) groups is 1. The highest BCUT2D eigenvalue weighted by molar-refractivity contribution is 5.83. The van der Waals surface area contributed by atoms with E-state index in [9.17, 15) is 9.18 Å². The van der Waals surface area contributed by atoms with Gasteiger partial charge in [0.15, 0.2) is 0 Å². The predicted octanol–water partition coefficient (Wildman–Crippen LogP) is 1.48. The third-order valence-corrected chi connectivity index (χ3v) is 3.64. The summed E-state index contributed by atoms with van der Waals surface area (Å²) in [5.74, 6) is 0.157. The highest BCUT2D eigenvalue weighted by Crippen LogP contribution is 2.25. The minimum atomic E-state index is -0.471. The second kappa shape index (κ2) is 5.83. The molecule has 0 radical (unpaired) electrons. The zero-order chi connectivity index (χ0) is 14.8. The van der Waals surface area contributed by atoms with Crippen LogP contribution in [-0.2, 0) is 16.1 Å². The van der Waals surface area contributed by atoms with Crippen molar-refractivity contribution in [1.29, 1.82) is 0 Å². The molecule has 1 aromatic heterocycles. The predicted molar refractivity (Wildman–Crippen MR) is 75.4 cm³/mol. The number of rotatable bonds is 3. The molecule has 1 unspecified atom stereocenters. The number of hydrogen-bond acceptors (Lipinski definition) is 4. The second-order valence-electron chi connectivity index (χ2n) is 5.07. The van der Waals surface area contributed by atoms with Gasteiger partial charge in [0.2, 0.25) is 0 Å².